The Bertz CT molecular complexity index is 1340. The molecule has 6 nitrogen and oxygen atoms in total. The van der Waals surface area contributed by atoms with Crippen LogP contribution < -0.4 is 16.2 Å². The number of nitrogens with zero attached hydrogens (tertiary/aromatic N) is 2. The van der Waals surface area contributed by atoms with Gasteiger partial charge in [-0.2, -0.15) is 5.10 Å². The van der Waals surface area contributed by atoms with Gasteiger partial charge in [0.2, 0.25) is 0 Å². The Morgan fingerprint density at radius 2 is 1.61 bits per heavy atom. The second kappa shape index (κ2) is 7.93. The first-order valence-corrected chi connectivity index (χ1v) is 9.98. The van der Waals surface area contributed by atoms with Crippen LogP contribution in [-0.4, -0.2) is 15.2 Å². The third kappa shape index (κ3) is 3.60. The number of fused-ring (bicyclic) bond motifs is 1. The predicted molar refractivity (Wildman–Crippen MR) is 124 cm³/mol. The summed E-state index contributed by atoms with van der Waals surface area (Å²) < 4.78 is 5.90. The molecule has 0 radical (unpaired) electrons. The van der Waals surface area contributed by atoms with Gasteiger partial charge in [0, 0.05) is 23.9 Å². The normalized spacial score (nSPS) is 11.0. The average Bonchev–Trinajstić information content (AvgIpc) is 3.21. The van der Waals surface area contributed by atoms with Crippen LogP contribution in [0.15, 0.2) is 85.1 Å². The molecule has 5 rings (SSSR count). The largest absolute Gasteiger partial charge is 0.457 e. The van der Waals surface area contributed by atoms with E-state index in [4.69, 9.17) is 21.2 Å². The summed E-state index contributed by atoms with van der Waals surface area (Å²) in [6.07, 6.45) is 1.84. The number of pyridine rings is 1. The van der Waals surface area contributed by atoms with Crippen LogP contribution in [0.1, 0.15) is 5.56 Å². The van der Waals surface area contributed by atoms with Crippen molar-refractivity contribution in [1.82, 2.24) is 15.2 Å². The topological polar surface area (TPSA) is 103 Å². The Hall–Kier alpha value is -4.16. The quantitative estimate of drug-likeness (QED) is 0.375. The first-order chi connectivity index (χ1) is 15.2. The lowest BCUT2D eigenvalue weighted by Crippen LogP contribution is -1.97. The second-order valence-corrected chi connectivity index (χ2v) is 7.22. The Kier molecular flexibility index (Phi) is 4.82. The first kappa shape index (κ1) is 18.8. The predicted octanol–water partition coefficient (Wildman–Crippen LogP) is 5.13. The molecule has 3 aromatic carbocycles. The Morgan fingerprint density at radius 1 is 0.839 bits per heavy atom. The summed E-state index contributed by atoms with van der Waals surface area (Å²) >= 11 is 0. The molecule has 0 atom stereocenters. The highest BCUT2D eigenvalue weighted by atomic mass is 16.5. The summed E-state index contributed by atoms with van der Waals surface area (Å²) in [6, 6.07) is 25.6. The van der Waals surface area contributed by atoms with E-state index in [0.717, 1.165) is 50.3 Å². The minimum atomic E-state index is 0.438. The van der Waals surface area contributed by atoms with Crippen molar-refractivity contribution in [2.75, 3.05) is 5.73 Å². The van der Waals surface area contributed by atoms with E-state index in [1.807, 2.05) is 85.1 Å². The fraction of sp³-hybridized carbons (Fsp3) is 0.0400. The smallest absolute Gasteiger partial charge is 0.153 e. The molecule has 0 unspecified atom stereocenters. The zero-order valence-electron chi connectivity index (χ0n) is 16.7. The Balaban J connectivity index is 1.54. The molecule has 5 aromatic rings. The van der Waals surface area contributed by atoms with Gasteiger partial charge in [-0.3, -0.25) is 10.1 Å². The maximum atomic E-state index is 6.23. The number of H-pyrrole nitrogens is 1. The highest BCUT2D eigenvalue weighted by Crippen LogP contribution is 2.36. The van der Waals surface area contributed by atoms with Crippen LogP contribution in [0.4, 0.5) is 5.82 Å². The second-order valence-electron chi connectivity index (χ2n) is 7.22. The van der Waals surface area contributed by atoms with Crippen molar-refractivity contribution in [3.05, 3.63) is 90.6 Å². The van der Waals surface area contributed by atoms with Gasteiger partial charge in [0.05, 0.1) is 16.6 Å². The van der Waals surface area contributed by atoms with Gasteiger partial charge in [-0.25, -0.2) is 0 Å². The zero-order chi connectivity index (χ0) is 21.2. The number of benzene rings is 3. The number of nitrogen functional groups attached to an aromatic ring is 1. The molecule has 0 amide bonds. The fourth-order valence-electron chi connectivity index (χ4n) is 3.67. The fourth-order valence-corrected chi connectivity index (χ4v) is 3.67. The average molecular weight is 407 g/mol. The van der Waals surface area contributed by atoms with Crippen LogP contribution in [-0.2, 0) is 6.54 Å². The molecule has 0 saturated heterocycles. The number of hydrogen-bond donors (Lipinski definition) is 3. The summed E-state index contributed by atoms with van der Waals surface area (Å²) in [5, 5.41) is 8.15. The SMILES string of the molecule is NCc1cccc(-c2ncc(-c3ccc(Oc4ccccc4)cc3)c3c(N)n[nH]c23)c1. The maximum absolute atomic E-state index is 6.23. The summed E-state index contributed by atoms with van der Waals surface area (Å²) in [6.45, 7) is 0.470. The van der Waals surface area contributed by atoms with Gasteiger partial charge in [0.25, 0.3) is 0 Å². The molecule has 6 heteroatoms. The van der Waals surface area contributed by atoms with Crippen molar-refractivity contribution in [1.29, 1.82) is 0 Å². The minimum absolute atomic E-state index is 0.438. The van der Waals surface area contributed by atoms with Gasteiger partial charge < -0.3 is 16.2 Å². The molecule has 0 aliphatic heterocycles. The monoisotopic (exact) mass is 407 g/mol. The number of hydrogen-bond acceptors (Lipinski definition) is 5. The molecule has 0 bridgehead atoms. The standard InChI is InChI=1S/C25H21N5O/c26-14-16-5-4-6-18(13-16)23-24-22(25(27)30-29-24)21(15-28-23)17-9-11-20(12-10-17)31-19-7-2-1-3-8-19/h1-13,15H,14,26H2,(H3,27,29,30). The Morgan fingerprint density at radius 3 is 2.39 bits per heavy atom. The molecule has 0 aliphatic carbocycles. The molecule has 0 fully saturated rings. The zero-order valence-corrected chi connectivity index (χ0v) is 16.7. The van der Waals surface area contributed by atoms with E-state index in [2.05, 4.69) is 10.2 Å². The molecule has 0 aliphatic rings. The van der Waals surface area contributed by atoms with E-state index >= 15 is 0 Å². The van der Waals surface area contributed by atoms with E-state index in [1.165, 1.54) is 0 Å². The maximum Gasteiger partial charge on any atom is 0.153 e. The van der Waals surface area contributed by atoms with Gasteiger partial charge in [-0.05, 0) is 41.5 Å². The van der Waals surface area contributed by atoms with Gasteiger partial charge in [-0.15, -0.1) is 0 Å². The number of nitrogens with two attached hydrogens (primary N) is 2. The molecule has 31 heavy (non-hydrogen) atoms. The van der Waals surface area contributed by atoms with E-state index in [-0.39, 0.29) is 0 Å². The van der Waals surface area contributed by atoms with Crippen molar-refractivity contribution in [3.63, 3.8) is 0 Å². The van der Waals surface area contributed by atoms with Gasteiger partial charge in [0.1, 0.15) is 11.5 Å². The summed E-state index contributed by atoms with van der Waals surface area (Å²) in [7, 11) is 0. The lowest BCUT2D eigenvalue weighted by atomic mass is 10.00. The number of rotatable bonds is 5. The highest BCUT2D eigenvalue weighted by molar-refractivity contribution is 6.06. The van der Waals surface area contributed by atoms with Crippen molar-refractivity contribution in [3.8, 4) is 33.9 Å². The van der Waals surface area contributed by atoms with Gasteiger partial charge in [-0.1, -0.05) is 48.5 Å². The van der Waals surface area contributed by atoms with Crippen LogP contribution >= 0.6 is 0 Å². The number of ether oxygens (including phenoxy) is 1. The van der Waals surface area contributed by atoms with Crippen molar-refractivity contribution in [2.45, 2.75) is 6.54 Å². The summed E-state index contributed by atoms with van der Waals surface area (Å²) in [5.74, 6) is 1.99. The lowest BCUT2D eigenvalue weighted by molar-refractivity contribution is 0.483. The molecule has 0 spiro atoms. The first-order valence-electron chi connectivity index (χ1n) is 9.98. The van der Waals surface area contributed by atoms with E-state index < -0.39 is 0 Å². The third-order valence-corrected chi connectivity index (χ3v) is 5.20. The van der Waals surface area contributed by atoms with E-state index in [0.29, 0.717) is 12.4 Å². The number of aromatic amines is 1. The van der Waals surface area contributed by atoms with E-state index in [9.17, 15) is 0 Å². The number of nitrogens with one attached hydrogen (secondary N) is 1. The Labute approximate surface area is 179 Å². The molecule has 5 N–H and O–H groups in total. The molecular formula is C25H21N5O. The van der Waals surface area contributed by atoms with E-state index in [1.54, 1.807) is 0 Å². The minimum Gasteiger partial charge on any atom is -0.457 e. The van der Waals surface area contributed by atoms with Crippen LogP contribution in [0.3, 0.4) is 0 Å². The van der Waals surface area contributed by atoms with Crippen molar-refractivity contribution < 1.29 is 4.74 Å². The van der Waals surface area contributed by atoms with Crippen molar-refractivity contribution in [2.24, 2.45) is 5.73 Å². The number of para-hydroxylation sites is 1. The molecule has 152 valence electrons. The summed E-state index contributed by atoms with van der Waals surface area (Å²) in [5.41, 5.74) is 17.5. The van der Waals surface area contributed by atoms with Crippen LogP contribution in [0.2, 0.25) is 0 Å². The molecule has 2 heterocycles. The van der Waals surface area contributed by atoms with Gasteiger partial charge >= 0.3 is 0 Å². The van der Waals surface area contributed by atoms with Crippen LogP contribution in [0, 0.1) is 0 Å². The summed E-state index contributed by atoms with van der Waals surface area (Å²) in [4.78, 5) is 4.73. The number of aromatic nitrogens is 3. The van der Waals surface area contributed by atoms with Crippen LogP contribution in [0.25, 0.3) is 33.3 Å². The van der Waals surface area contributed by atoms with Gasteiger partial charge in [0.15, 0.2) is 5.82 Å². The number of anilines is 1. The van der Waals surface area contributed by atoms with Crippen molar-refractivity contribution >= 4 is 16.7 Å². The lowest BCUT2D eigenvalue weighted by Gasteiger charge is -2.10. The molecule has 2 aromatic heterocycles. The van der Waals surface area contributed by atoms with Crippen LogP contribution in [0.5, 0.6) is 11.5 Å². The third-order valence-electron chi connectivity index (χ3n) is 5.20. The molecule has 0 saturated carbocycles. The highest BCUT2D eigenvalue weighted by Gasteiger charge is 2.16. The molecular weight excluding hydrogens is 386 g/mol.